The summed E-state index contributed by atoms with van der Waals surface area (Å²) in [6.45, 7) is 7.80. The fourth-order valence-electron chi connectivity index (χ4n) is 2.91. The highest BCUT2D eigenvalue weighted by Gasteiger charge is 2.32. The maximum absolute atomic E-state index is 13.2. The van der Waals surface area contributed by atoms with Gasteiger partial charge < -0.3 is 4.90 Å². The van der Waals surface area contributed by atoms with E-state index in [1.165, 1.54) is 36.4 Å². The predicted octanol–water partition coefficient (Wildman–Crippen LogP) is 4.57. The molecule has 0 unspecified atom stereocenters. The summed E-state index contributed by atoms with van der Waals surface area (Å²) in [7, 11) is -4.25. The summed E-state index contributed by atoms with van der Waals surface area (Å²) in [6, 6.07) is 9.53. The SMILES string of the molecule is C=CCN(c1cccc(C(F)(F)F)c1)S(=O)(=O)c1cccc(C(=O)N(CC)CC)c1. The molecule has 0 aliphatic carbocycles. The van der Waals surface area contributed by atoms with Crippen LogP contribution in [0.2, 0.25) is 0 Å². The first-order valence-electron chi connectivity index (χ1n) is 9.26. The minimum atomic E-state index is -4.62. The number of halogens is 3. The lowest BCUT2D eigenvalue weighted by atomic mass is 10.2. The number of carbonyl (C=O) groups excluding carboxylic acids is 1. The molecule has 0 heterocycles. The Morgan fingerprint density at radius 2 is 1.70 bits per heavy atom. The molecule has 30 heavy (non-hydrogen) atoms. The second kappa shape index (κ2) is 9.34. The summed E-state index contributed by atoms with van der Waals surface area (Å²) >= 11 is 0. The third-order valence-corrected chi connectivity index (χ3v) is 6.27. The lowest BCUT2D eigenvalue weighted by Gasteiger charge is -2.24. The van der Waals surface area contributed by atoms with E-state index in [1.807, 2.05) is 0 Å². The number of alkyl halides is 3. The number of rotatable bonds is 8. The van der Waals surface area contributed by atoms with Crippen LogP contribution < -0.4 is 4.31 Å². The Balaban J connectivity index is 2.53. The summed E-state index contributed by atoms with van der Waals surface area (Å²) in [5.41, 5.74) is -0.928. The van der Waals surface area contributed by atoms with Crippen LogP contribution in [-0.2, 0) is 16.2 Å². The highest BCUT2D eigenvalue weighted by Crippen LogP contribution is 2.33. The Kier molecular flexibility index (Phi) is 7.30. The van der Waals surface area contributed by atoms with Crippen molar-refractivity contribution < 1.29 is 26.4 Å². The summed E-state index contributed by atoms with van der Waals surface area (Å²) in [6.07, 6.45) is -3.33. The lowest BCUT2D eigenvalue weighted by molar-refractivity contribution is -0.137. The number of hydrogen-bond acceptors (Lipinski definition) is 3. The van der Waals surface area contributed by atoms with E-state index in [2.05, 4.69) is 6.58 Å². The molecule has 0 bridgehead atoms. The topological polar surface area (TPSA) is 57.7 Å². The van der Waals surface area contributed by atoms with Gasteiger partial charge in [0.2, 0.25) is 0 Å². The normalized spacial score (nSPS) is 11.8. The highest BCUT2D eigenvalue weighted by atomic mass is 32.2. The van der Waals surface area contributed by atoms with Crippen molar-refractivity contribution in [3.05, 3.63) is 72.3 Å². The van der Waals surface area contributed by atoms with Gasteiger partial charge in [0.25, 0.3) is 15.9 Å². The lowest BCUT2D eigenvalue weighted by Crippen LogP contribution is -2.32. The summed E-state index contributed by atoms with van der Waals surface area (Å²) in [5.74, 6) is -0.327. The zero-order valence-corrected chi connectivity index (χ0v) is 17.5. The van der Waals surface area contributed by atoms with Crippen molar-refractivity contribution in [1.82, 2.24) is 4.90 Å². The van der Waals surface area contributed by atoms with Crippen LogP contribution >= 0.6 is 0 Å². The number of nitrogens with zero attached hydrogens (tertiary/aromatic N) is 2. The number of benzene rings is 2. The Hall–Kier alpha value is -2.81. The van der Waals surface area contributed by atoms with Gasteiger partial charge in [0.15, 0.2) is 0 Å². The molecule has 0 N–H and O–H groups in total. The van der Waals surface area contributed by atoms with Crippen molar-refractivity contribution in [2.45, 2.75) is 24.9 Å². The van der Waals surface area contributed by atoms with Crippen molar-refractivity contribution in [2.75, 3.05) is 23.9 Å². The van der Waals surface area contributed by atoms with Gasteiger partial charge in [-0.25, -0.2) is 8.42 Å². The van der Waals surface area contributed by atoms with Gasteiger partial charge in [-0.2, -0.15) is 13.2 Å². The van der Waals surface area contributed by atoms with E-state index in [4.69, 9.17) is 0 Å². The first-order chi connectivity index (χ1) is 14.1. The van der Waals surface area contributed by atoms with Gasteiger partial charge in [0.05, 0.1) is 22.7 Å². The van der Waals surface area contributed by atoms with Crippen molar-refractivity contribution >= 4 is 21.6 Å². The molecule has 2 rings (SSSR count). The van der Waals surface area contributed by atoms with Crippen LogP contribution in [0.4, 0.5) is 18.9 Å². The van der Waals surface area contributed by atoms with Crippen LogP contribution in [0.3, 0.4) is 0 Å². The molecule has 1 amide bonds. The number of anilines is 1. The molecular weight excluding hydrogens is 417 g/mol. The standard InChI is InChI=1S/C21H23F3N2O3S/c1-4-13-26(18-11-8-10-17(15-18)21(22,23)24)30(28,29)19-12-7-9-16(14-19)20(27)25(5-2)6-3/h4,7-12,14-15H,1,5-6,13H2,2-3H3. The summed E-state index contributed by atoms with van der Waals surface area (Å²) in [4.78, 5) is 13.9. The average Bonchev–Trinajstić information content (AvgIpc) is 2.72. The van der Waals surface area contributed by atoms with Gasteiger partial charge in [0, 0.05) is 18.7 Å². The minimum absolute atomic E-state index is 0.148. The third-order valence-electron chi connectivity index (χ3n) is 4.48. The molecule has 0 aliphatic heterocycles. The third kappa shape index (κ3) is 5.02. The van der Waals surface area contributed by atoms with E-state index >= 15 is 0 Å². The first kappa shape index (κ1) is 23.5. The molecule has 162 valence electrons. The van der Waals surface area contributed by atoms with Gasteiger partial charge >= 0.3 is 6.18 Å². The van der Waals surface area contributed by atoms with E-state index in [0.29, 0.717) is 13.1 Å². The maximum Gasteiger partial charge on any atom is 0.416 e. The molecule has 0 fully saturated rings. The molecule has 2 aromatic rings. The molecule has 0 atom stereocenters. The van der Waals surface area contributed by atoms with Crippen LogP contribution in [0.1, 0.15) is 29.8 Å². The number of sulfonamides is 1. The minimum Gasteiger partial charge on any atom is -0.339 e. The molecular formula is C21H23F3N2O3S. The fraction of sp³-hybridized carbons (Fsp3) is 0.286. The molecule has 2 aromatic carbocycles. The van der Waals surface area contributed by atoms with Gasteiger partial charge in [-0.1, -0.05) is 18.2 Å². The fourth-order valence-corrected chi connectivity index (χ4v) is 4.38. The van der Waals surface area contributed by atoms with Crippen molar-refractivity contribution in [1.29, 1.82) is 0 Å². The van der Waals surface area contributed by atoms with Crippen molar-refractivity contribution in [3.8, 4) is 0 Å². The van der Waals surface area contributed by atoms with Crippen LogP contribution in [0.15, 0.2) is 66.1 Å². The smallest absolute Gasteiger partial charge is 0.339 e. The van der Waals surface area contributed by atoms with E-state index < -0.39 is 21.8 Å². The zero-order valence-electron chi connectivity index (χ0n) is 16.7. The average molecular weight is 440 g/mol. The maximum atomic E-state index is 13.2. The zero-order chi connectivity index (χ0) is 22.5. The van der Waals surface area contributed by atoms with Crippen LogP contribution in [0, 0.1) is 0 Å². The van der Waals surface area contributed by atoms with Crippen molar-refractivity contribution in [2.24, 2.45) is 0 Å². The molecule has 0 spiro atoms. The van der Waals surface area contributed by atoms with E-state index in [1.54, 1.807) is 18.7 Å². The van der Waals surface area contributed by atoms with Crippen molar-refractivity contribution in [3.63, 3.8) is 0 Å². The van der Waals surface area contributed by atoms with Crippen LogP contribution in [0.5, 0.6) is 0 Å². The molecule has 0 saturated heterocycles. The molecule has 9 heteroatoms. The van der Waals surface area contributed by atoms with Crippen LogP contribution in [-0.4, -0.2) is 38.9 Å². The van der Waals surface area contributed by atoms with Gasteiger partial charge in [-0.3, -0.25) is 9.10 Å². The summed E-state index contributed by atoms with van der Waals surface area (Å²) < 4.78 is 66.6. The summed E-state index contributed by atoms with van der Waals surface area (Å²) in [5, 5.41) is 0. The van der Waals surface area contributed by atoms with E-state index in [9.17, 15) is 26.4 Å². The van der Waals surface area contributed by atoms with E-state index in [-0.39, 0.29) is 28.6 Å². The Morgan fingerprint density at radius 1 is 1.07 bits per heavy atom. The molecule has 5 nitrogen and oxygen atoms in total. The second-order valence-electron chi connectivity index (χ2n) is 6.38. The highest BCUT2D eigenvalue weighted by molar-refractivity contribution is 7.92. The van der Waals surface area contributed by atoms with Crippen LogP contribution in [0.25, 0.3) is 0 Å². The number of hydrogen-bond donors (Lipinski definition) is 0. The monoisotopic (exact) mass is 440 g/mol. The first-order valence-corrected chi connectivity index (χ1v) is 10.7. The molecule has 0 aliphatic rings. The predicted molar refractivity (Wildman–Crippen MR) is 110 cm³/mol. The number of amides is 1. The van der Waals surface area contributed by atoms with E-state index in [0.717, 1.165) is 22.5 Å². The van der Waals surface area contributed by atoms with Gasteiger partial charge in [0.1, 0.15) is 0 Å². The molecule has 0 radical (unpaired) electrons. The number of carbonyl (C=O) groups is 1. The Labute approximate surface area is 174 Å². The Morgan fingerprint density at radius 3 is 2.27 bits per heavy atom. The quantitative estimate of drug-likeness (QED) is 0.565. The molecule has 0 saturated carbocycles. The largest absolute Gasteiger partial charge is 0.416 e. The Bertz CT molecular complexity index is 1020. The van der Waals surface area contributed by atoms with Gasteiger partial charge in [-0.15, -0.1) is 6.58 Å². The molecule has 0 aromatic heterocycles. The second-order valence-corrected chi connectivity index (χ2v) is 8.24. The van der Waals surface area contributed by atoms with Gasteiger partial charge in [-0.05, 0) is 50.2 Å².